The van der Waals surface area contributed by atoms with Crippen LogP contribution in [0.15, 0.2) is 53.5 Å². The standard InChI is InChI=1S/C23H30N4O2.HI/c1-17-9-10-19(22(13-17)29-12-6-11-28-3)15-25-23(24-2)26-16-20-14-18-7-4-5-8-21(18)27-20;/h4-5,7-10,13-14,27H,6,11-12,15-16H2,1-3H3,(H2,24,25,26);1H. The van der Waals surface area contributed by atoms with E-state index in [0.29, 0.717) is 26.3 Å². The summed E-state index contributed by atoms with van der Waals surface area (Å²) in [6, 6.07) is 16.7. The fourth-order valence-corrected chi connectivity index (χ4v) is 3.13. The summed E-state index contributed by atoms with van der Waals surface area (Å²) < 4.78 is 11.1. The Balaban J connectivity index is 0.00000320. The molecule has 0 saturated heterocycles. The SMILES string of the molecule is CN=C(NCc1cc2ccccc2[nH]1)NCc1ccc(C)cc1OCCCOC.I. The number of ether oxygens (including phenoxy) is 2. The van der Waals surface area contributed by atoms with Gasteiger partial charge in [-0.1, -0.05) is 30.3 Å². The van der Waals surface area contributed by atoms with Crippen LogP contribution in [-0.2, 0) is 17.8 Å². The molecule has 0 bridgehead atoms. The molecule has 0 amide bonds. The highest BCUT2D eigenvalue weighted by molar-refractivity contribution is 14.0. The number of aromatic nitrogens is 1. The Bertz CT molecular complexity index is 922. The van der Waals surface area contributed by atoms with Gasteiger partial charge in [-0.05, 0) is 36.1 Å². The zero-order valence-electron chi connectivity index (χ0n) is 17.8. The van der Waals surface area contributed by atoms with Gasteiger partial charge < -0.3 is 25.1 Å². The fraction of sp³-hybridized carbons (Fsp3) is 0.348. The van der Waals surface area contributed by atoms with E-state index in [1.165, 1.54) is 10.9 Å². The second-order valence-corrected chi connectivity index (χ2v) is 6.97. The molecule has 3 rings (SSSR count). The van der Waals surface area contributed by atoms with Gasteiger partial charge in [-0.2, -0.15) is 0 Å². The van der Waals surface area contributed by atoms with Gasteiger partial charge >= 0.3 is 0 Å². The number of rotatable bonds is 9. The number of hydrogen-bond donors (Lipinski definition) is 3. The van der Waals surface area contributed by atoms with Gasteiger partial charge in [0.2, 0.25) is 0 Å². The van der Waals surface area contributed by atoms with Gasteiger partial charge in [0.1, 0.15) is 5.75 Å². The predicted molar refractivity (Wildman–Crippen MR) is 134 cm³/mol. The Morgan fingerprint density at radius 3 is 2.60 bits per heavy atom. The molecule has 0 radical (unpaired) electrons. The first-order valence-corrected chi connectivity index (χ1v) is 9.92. The fourth-order valence-electron chi connectivity index (χ4n) is 3.13. The molecule has 3 N–H and O–H groups in total. The van der Waals surface area contributed by atoms with Crippen LogP contribution in [0.4, 0.5) is 0 Å². The highest BCUT2D eigenvalue weighted by Crippen LogP contribution is 2.20. The lowest BCUT2D eigenvalue weighted by Crippen LogP contribution is -2.36. The van der Waals surface area contributed by atoms with Crippen LogP contribution in [0.1, 0.15) is 23.2 Å². The summed E-state index contributed by atoms with van der Waals surface area (Å²) in [4.78, 5) is 7.75. The van der Waals surface area contributed by atoms with Gasteiger partial charge in [-0.15, -0.1) is 24.0 Å². The molecule has 0 spiro atoms. The van der Waals surface area contributed by atoms with Crippen LogP contribution in [-0.4, -0.2) is 38.3 Å². The molecule has 7 heteroatoms. The number of nitrogens with zero attached hydrogens (tertiary/aromatic N) is 1. The molecule has 3 aromatic rings. The number of nitrogens with one attached hydrogen (secondary N) is 3. The molecule has 30 heavy (non-hydrogen) atoms. The zero-order chi connectivity index (χ0) is 20.5. The smallest absolute Gasteiger partial charge is 0.191 e. The molecule has 0 aliphatic heterocycles. The third-order valence-corrected chi connectivity index (χ3v) is 4.67. The van der Waals surface area contributed by atoms with E-state index in [-0.39, 0.29) is 24.0 Å². The topological polar surface area (TPSA) is 70.7 Å². The first-order valence-electron chi connectivity index (χ1n) is 9.92. The maximum atomic E-state index is 5.96. The molecule has 1 heterocycles. The molecule has 0 aliphatic carbocycles. The number of halogens is 1. The van der Waals surface area contributed by atoms with E-state index < -0.39 is 0 Å². The van der Waals surface area contributed by atoms with Crippen molar-refractivity contribution in [2.75, 3.05) is 27.4 Å². The Kier molecular flexibility index (Phi) is 9.96. The normalized spacial score (nSPS) is 11.2. The summed E-state index contributed by atoms with van der Waals surface area (Å²) in [5, 5.41) is 7.94. The Labute approximate surface area is 195 Å². The summed E-state index contributed by atoms with van der Waals surface area (Å²) in [5.41, 5.74) is 4.53. The quantitative estimate of drug-likeness (QED) is 0.169. The molecule has 0 unspecified atom stereocenters. The van der Waals surface area contributed by atoms with Crippen molar-refractivity contribution in [1.82, 2.24) is 15.6 Å². The van der Waals surface area contributed by atoms with Crippen LogP contribution in [0.3, 0.4) is 0 Å². The van der Waals surface area contributed by atoms with Crippen molar-refractivity contribution in [2.24, 2.45) is 4.99 Å². The van der Waals surface area contributed by atoms with E-state index >= 15 is 0 Å². The predicted octanol–water partition coefficient (Wildman–Crippen LogP) is 4.37. The van der Waals surface area contributed by atoms with Crippen LogP contribution in [0.25, 0.3) is 10.9 Å². The van der Waals surface area contributed by atoms with Crippen molar-refractivity contribution in [2.45, 2.75) is 26.4 Å². The number of benzene rings is 2. The van der Waals surface area contributed by atoms with Gasteiger partial charge in [0, 0.05) is 50.5 Å². The summed E-state index contributed by atoms with van der Waals surface area (Å²) in [7, 11) is 3.48. The third-order valence-electron chi connectivity index (χ3n) is 4.67. The van der Waals surface area contributed by atoms with Crippen molar-refractivity contribution < 1.29 is 9.47 Å². The van der Waals surface area contributed by atoms with Gasteiger partial charge in [0.15, 0.2) is 5.96 Å². The lowest BCUT2D eigenvalue weighted by atomic mass is 10.1. The number of H-pyrrole nitrogens is 1. The third kappa shape index (κ3) is 6.91. The molecule has 0 saturated carbocycles. The Hall–Kier alpha value is -2.26. The minimum Gasteiger partial charge on any atom is -0.493 e. The lowest BCUT2D eigenvalue weighted by molar-refractivity contribution is 0.171. The van der Waals surface area contributed by atoms with E-state index in [9.17, 15) is 0 Å². The monoisotopic (exact) mass is 522 g/mol. The first-order chi connectivity index (χ1) is 14.2. The van der Waals surface area contributed by atoms with Crippen molar-refractivity contribution >= 4 is 40.8 Å². The molecular weight excluding hydrogens is 491 g/mol. The maximum absolute atomic E-state index is 5.96. The maximum Gasteiger partial charge on any atom is 0.191 e. The number of fused-ring (bicyclic) bond motifs is 1. The highest BCUT2D eigenvalue weighted by Gasteiger charge is 2.07. The molecule has 6 nitrogen and oxygen atoms in total. The molecular formula is C23H31IN4O2. The Morgan fingerprint density at radius 2 is 1.83 bits per heavy atom. The van der Waals surface area contributed by atoms with Crippen LogP contribution in [0.2, 0.25) is 0 Å². The van der Waals surface area contributed by atoms with Gasteiger partial charge in [-0.3, -0.25) is 4.99 Å². The number of aliphatic imine (C=N–C) groups is 1. The number of methoxy groups -OCH3 is 1. The molecule has 0 atom stereocenters. The van der Waals surface area contributed by atoms with Gasteiger partial charge in [0.25, 0.3) is 0 Å². The molecule has 0 aliphatic rings. The van der Waals surface area contributed by atoms with E-state index in [2.05, 4.69) is 63.9 Å². The van der Waals surface area contributed by atoms with Crippen LogP contribution < -0.4 is 15.4 Å². The van der Waals surface area contributed by atoms with E-state index in [1.807, 2.05) is 12.1 Å². The molecule has 1 aromatic heterocycles. The number of para-hydroxylation sites is 1. The summed E-state index contributed by atoms with van der Waals surface area (Å²) >= 11 is 0. The van der Waals surface area contributed by atoms with Gasteiger partial charge in [-0.25, -0.2) is 0 Å². The number of hydrogen-bond acceptors (Lipinski definition) is 3. The number of aryl methyl sites for hydroxylation is 1. The van der Waals surface area contributed by atoms with Crippen molar-refractivity contribution in [1.29, 1.82) is 0 Å². The van der Waals surface area contributed by atoms with Gasteiger partial charge in [0.05, 0.1) is 13.2 Å². The summed E-state index contributed by atoms with van der Waals surface area (Å²) in [5.74, 6) is 1.65. The average molecular weight is 522 g/mol. The number of aromatic amines is 1. The summed E-state index contributed by atoms with van der Waals surface area (Å²) in [6.45, 7) is 4.70. The highest BCUT2D eigenvalue weighted by atomic mass is 127. The van der Waals surface area contributed by atoms with Crippen molar-refractivity contribution in [3.63, 3.8) is 0 Å². The first kappa shape index (κ1) is 24.0. The van der Waals surface area contributed by atoms with E-state index in [0.717, 1.165) is 34.9 Å². The Morgan fingerprint density at radius 1 is 1.03 bits per heavy atom. The molecule has 2 aromatic carbocycles. The summed E-state index contributed by atoms with van der Waals surface area (Å²) in [6.07, 6.45) is 0.866. The minimum absolute atomic E-state index is 0. The van der Waals surface area contributed by atoms with Crippen molar-refractivity contribution in [3.8, 4) is 5.75 Å². The second kappa shape index (κ2) is 12.4. The van der Waals surface area contributed by atoms with E-state index in [4.69, 9.17) is 9.47 Å². The van der Waals surface area contributed by atoms with Crippen LogP contribution >= 0.6 is 24.0 Å². The molecule has 162 valence electrons. The van der Waals surface area contributed by atoms with Crippen molar-refractivity contribution in [3.05, 3.63) is 65.4 Å². The number of guanidine groups is 1. The largest absolute Gasteiger partial charge is 0.493 e. The molecule has 0 fully saturated rings. The average Bonchev–Trinajstić information content (AvgIpc) is 3.15. The lowest BCUT2D eigenvalue weighted by Gasteiger charge is -2.15. The van der Waals surface area contributed by atoms with E-state index in [1.54, 1.807) is 14.2 Å². The van der Waals surface area contributed by atoms with Crippen LogP contribution in [0, 0.1) is 6.92 Å². The van der Waals surface area contributed by atoms with Crippen LogP contribution in [0.5, 0.6) is 5.75 Å². The second-order valence-electron chi connectivity index (χ2n) is 6.97. The minimum atomic E-state index is 0. The zero-order valence-corrected chi connectivity index (χ0v) is 20.2.